The summed E-state index contributed by atoms with van der Waals surface area (Å²) in [5, 5.41) is 0. The van der Waals surface area contributed by atoms with Gasteiger partial charge in [0, 0.05) is 25.2 Å². The van der Waals surface area contributed by atoms with Crippen LogP contribution in [0.4, 0.5) is 5.69 Å². The Labute approximate surface area is 118 Å². The maximum atomic E-state index is 11.5. The van der Waals surface area contributed by atoms with E-state index in [-0.39, 0.29) is 11.8 Å². The van der Waals surface area contributed by atoms with Crippen LogP contribution in [0.15, 0.2) is 24.3 Å². The van der Waals surface area contributed by atoms with E-state index in [1.807, 2.05) is 24.3 Å². The second-order valence-corrected chi connectivity index (χ2v) is 4.89. The van der Waals surface area contributed by atoms with Crippen LogP contribution in [0.5, 0.6) is 0 Å². The Bertz CT molecular complexity index is 453. The van der Waals surface area contributed by atoms with Gasteiger partial charge in [-0.15, -0.1) is 0 Å². The van der Waals surface area contributed by atoms with Gasteiger partial charge in [-0.1, -0.05) is 12.1 Å². The van der Waals surface area contributed by atoms with Crippen molar-refractivity contribution in [2.75, 3.05) is 31.2 Å². The van der Waals surface area contributed by atoms with Crippen molar-refractivity contribution in [2.24, 2.45) is 5.73 Å². The third-order valence-electron chi connectivity index (χ3n) is 3.59. The quantitative estimate of drug-likeness (QED) is 0.789. The van der Waals surface area contributed by atoms with Crippen LogP contribution in [0.25, 0.3) is 0 Å². The fourth-order valence-corrected chi connectivity index (χ4v) is 2.45. The molecule has 2 rings (SSSR count). The SMILES string of the molecule is NC(=O)C(CCC=O)c1ccc(N2CCOCC2)cc1. The molecule has 5 nitrogen and oxygen atoms in total. The van der Waals surface area contributed by atoms with E-state index in [1.54, 1.807) is 0 Å². The first kappa shape index (κ1) is 14.5. The molecule has 0 spiro atoms. The molecule has 0 saturated carbocycles. The van der Waals surface area contributed by atoms with Crippen LogP contribution in [0, 0.1) is 0 Å². The van der Waals surface area contributed by atoms with E-state index in [0.717, 1.165) is 43.8 Å². The Balaban J connectivity index is 2.08. The fraction of sp³-hybridized carbons (Fsp3) is 0.467. The molecule has 1 aromatic rings. The van der Waals surface area contributed by atoms with Gasteiger partial charge in [-0.25, -0.2) is 0 Å². The highest BCUT2D eigenvalue weighted by molar-refractivity contribution is 5.82. The first-order valence-electron chi connectivity index (χ1n) is 6.88. The third-order valence-corrected chi connectivity index (χ3v) is 3.59. The molecule has 1 aliphatic heterocycles. The summed E-state index contributed by atoms with van der Waals surface area (Å²) in [6.45, 7) is 3.24. The van der Waals surface area contributed by atoms with Crippen LogP contribution >= 0.6 is 0 Å². The predicted octanol–water partition coefficient (Wildman–Crippen LogP) is 1.07. The van der Waals surface area contributed by atoms with Gasteiger partial charge >= 0.3 is 0 Å². The molecule has 1 amide bonds. The lowest BCUT2D eigenvalue weighted by molar-refractivity contribution is -0.119. The molecule has 1 aromatic carbocycles. The number of carbonyl (C=O) groups is 2. The van der Waals surface area contributed by atoms with Crippen molar-refractivity contribution in [2.45, 2.75) is 18.8 Å². The van der Waals surface area contributed by atoms with Crippen LogP contribution in [0.2, 0.25) is 0 Å². The second-order valence-electron chi connectivity index (χ2n) is 4.89. The van der Waals surface area contributed by atoms with E-state index < -0.39 is 0 Å². The number of nitrogens with zero attached hydrogens (tertiary/aromatic N) is 1. The molecular weight excluding hydrogens is 256 g/mol. The van der Waals surface area contributed by atoms with Gasteiger partial charge in [-0.05, 0) is 24.1 Å². The van der Waals surface area contributed by atoms with Crippen molar-refractivity contribution in [1.29, 1.82) is 0 Å². The molecule has 1 fully saturated rings. The zero-order valence-electron chi connectivity index (χ0n) is 11.5. The average molecular weight is 276 g/mol. The summed E-state index contributed by atoms with van der Waals surface area (Å²) < 4.78 is 5.32. The van der Waals surface area contributed by atoms with E-state index in [4.69, 9.17) is 10.5 Å². The number of hydrogen-bond donors (Lipinski definition) is 1. The summed E-state index contributed by atoms with van der Waals surface area (Å²) in [4.78, 5) is 24.2. The Hall–Kier alpha value is -1.88. The average Bonchev–Trinajstić information content (AvgIpc) is 2.49. The number of morpholine rings is 1. The number of rotatable bonds is 6. The molecule has 0 aromatic heterocycles. The number of benzene rings is 1. The number of aldehydes is 1. The highest BCUT2D eigenvalue weighted by Gasteiger charge is 2.18. The molecule has 2 N–H and O–H groups in total. The summed E-state index contributed by atoms with van der Waals surface area (Å²) in [5.74, 6) is -0.773. The van der Waals surface area contributed by atoms with Crippen LogP contribution < -0.4 is 10.6 Å². The molecule has 0 bridgehead atoms. The van der Waals surface area contributed by atoms with Gasteiger partial charge in [-0.3, -0.25) is 4.79 Å². The van der Waals surface area contributed by atoms with Gasteiger partial charge in [0.25, 0.3) is 0 Å². The van der Waals surface area contributed by atoms with E-state index >= 15 is 0 Å². The highest BCUT2D eigenvalue weighted by atomic mass is 16.5. The van der Waals surface area contributed by atoms with Gasteiger partial charge in [0.2, 0.25) is 5.91 Å². The molecule has 1 aliphatic rings. The fourth-order valence-electron chi connectivity index (χ4n) is 2.45. The number of hydrogen-bond acceptors (Lipinski definition) is 4. The van der Waals surface area contributed by atoms with Crippen molar-refractivity contribution in [3.05, 3.63) is 29.8 Å². The molecule has 0 radical (unpaired) electrons. The van der Waals surface area contributed by atoms with Crippen molar-refractivity contribution < 1.29 is 14.3 Å². The number of nitrogens with two attached hydrogens (primary N) is 1. The summed E-state index contributed by atoms with van der Waals surface area (Å²) >= 11 is 0. The van der Waals surface area contributed by atoms with E-state index in [1.165, 1.54) is 0 Å². The minimum atomic E-state index is -0.390. The Morgan fingerprint density at radius 3 is 2.50 bits per heavy atom. The van der Waals surface area contributed by atoms with Crippen molar-refractivity contribution in [3.63, 3.8) is 0 Å². The second kappa shape index (κ2) is 7.05. The first-order valence-corrected chi connectivity index (χ1v) is 6.88. The Morgan fingerprint density at radius 2 is 1.95 bits per heavy atom. The number of carbonyl (C=O) groups excluding carboxylic acids is 2. The molecule has 1 unspecified atom stereocenters. The molecule has 20 heavy (non-hydrogen) atoms. The standard InChI is InChI=1S/C15H20N2O3/c16-15(19)14(2-1-9-18)12-3-5-13(6-4-12)17-7-10-20-11-8-17/h3-6,9,14H,1-2,7-8,10-11H2,(H2,16,19). The number of amides is 1. The molecule has 108 valence electrons. The summed E-state index contributed by atoms with van der Waals surface area (Å²) in [7, 11) is 0. The number of anilines is 1. The molecule has 1 atom stereocenters. The first-order chi connectivity index (χ1) is 9.72. The largest absolute Gasteiger partial charge is 0.378 e. The maximum absolute atomic E-state index is 11.5. The molecule has 5 heteroatoms. The minimum absolute atomic E-state index is 0.346. The monoisotopic (exact) mass is 276 g/mol. The molecule has 1 heterocycles. The lowest BCUT2D eigenvalue weighted by Crippen LogP contribution is -2.36. The lowest BCUT2D eigenvalue weighted by Gasteiger charge is -2.29. The summed E-state index contributed by atoms with van der Waals surface area (Å²) in [6, 6.07) is 7.84. The van der Waals surface area contributed by atoms with Gasteiger partial charge in [0.1, 0.15) is 6.29 Å². The zero-order chi connectivity index (χ0) is 14.4. The summed E-state index contributed by atoms with van der Waals surface area (Å²) in [6.07, 6.45) is 1.63. The van der Waals surface area contributed by atoms with Gasteiger partial charge in [-0.2, -0.15) is 0 Å². The van der Waals surface area contributed by atoms with Gasteiger partial charge in [0.05, 0.1) is 19.1 Å². The van der Waals surface area contributed by atoms with Crippen molar-refractivity contribution >= 4 is 17.9 Å². The van der Waals surface area contributed by atoms with Gasteiger partial charge in [0.15, 0.2) is 0 Å². The zero-order valence-corrected chi connectivity index (χ0v) is 11.5. The van der Waals surface area contributed by atoms with Crippen LogP contribution in [-0.2, 0) is 14.3 Å². The van der Waals surface area contributed by atoms with Crippen LogP contribution in [0.1, 0.15) is 24.3 Å². The topological polar surface area (TPSA) is 72.6 Å². The van der Waals surface area contributed by atoms with Crippen LogP contribution in [-0.4, -0.2) is 38.5 Å². The van der Waals surface area contributed by atoms with Crippen LogP contribution in [0.3, 0.4) is 0 Å². The number of ether oxygens (including phenoxy) is 1. The van der Waals surface area contributed by atoms with Crippen molar-refractivity contribution in [3.8, 4) is 0 Å². The predicted molar refractivity (Wildman–Crippen MR) is 76.7 cm³/mol. The highest BCUT2D eigenvalue weighted by Crippen LogP contribution is 2.24. The third kappa shape index (κ3) is 3.57. The molecule has 1 saturated heterocycles. The van der Waals surface area contributed by atoms with E-state index in [9.17, 15) is 9.59 Å². The van der Waals surface area contributed by atoms with Crippen molar-refractivity contribution in [1.82, 2.24) is 0 Å². The number of primary amides is 1. The lowest BCUT2D eigenvalue weighted by atomic mass is 9.93. The van der Waals surface area contributed by atoms with E-state index in [0.29, 0.717) is 12.8 Å². The smallest absolute Gasteiger partial charge is 0.224 e. The van der Waals surface area contributed by atoms with E-state index in [2.05, 4.69) is 4.90 Å². The minimum Gasteiger partial charge on any atom is -0.378 e. The Morgan fingerprint density at radius 1 is 1.30 bits per heavy atom. The molecular formula is C15H20N2O3. The normalized spacial score (nSPS) is 16.7. The van der Waals surface area contributed by atoms with Gasteiger partial charge < -0.3 is 20.2 Å². The molecule has 0 aliphatic carbocycles. The Kier molecular flexibility index (Phi) is 5.12. The maximum Gasteiger partial charge on any atom is 0.224 e. The summed E-state index contributed by atoms with van der Waals surface area (Å²) in [5.41, 5.74) is 7.40.